The van der Waals surface area contributed by atoms with Crippen LogP contribution in [0.15, 0.2) is 150 Å². The number of anilines is 13. The van der Waals surface area contributed by atoms with E-state index in [-0.39, 0.29) is 62.4 Å². The van der Waals surface area contributed by atoms with E-state index in [1.54, 1.807) is 128 Å². The Balaban J connectivity index is 0.000000185. The summed E-state index contributed by atoms with van der Waals surface area (Å²) >= 11 is 25.4. The quantitative estimate of drug-likeness (QED) is 0.0222. The number of amides is 1. The lowest BCUT2D eigenvalue weighted by molar-refractivity contribution is -0.131. The maximum absolute atomic E-state index is 13.7. The summed E-state index contributed by atoms with van der Waals surface area (Å²) in [5.41, 5.74) is 9.77. The van der Waals surface area contributed by atoms with Crippen molar-refractivity contribution >= 4 is 184 Å². The first-order chi connectivity index (χ1) is 55.1. The molecule has 0 spiro atoms. The highest BCUT2D eigenvalue weighted by atomic mass is 35.5. The van der Waals surface area contributed by atoms with Crippen molar-refractivity contribution in [2.45, 2.75) is 66.9 Å². The summed E-state index contributed by atoms with van der Waals surface area (Å²) < 4.78 is 107. The first kappa shape index (κ1) is 90.0. The number of halogens is 4. The minimum atomic E-state index is -3.55. The summed E-state index contributed by atoms with van der Waals surface area (Å²) in [5, 5.41) is 29.7. The number of hydrogen-bond donors (Lipinski definition) is 8. The van der Waals surface area contributed by atoms with Crippen LogP contribution in [0.4, 0.5) is 75.1 Å². The number of para-hydroxylation sites is 3. The number of rotatable bonds is 27. The lowest BCUT2D eigenvalue weighted by Gasteiger charge is -2.43. The number of nitrogens with two attached hydrogens (primary N) is 1. The van der Waals surface area contributed by atoms with Crippen molar-refractivity contribution in [1.82, 2.24) is 44.6 Å². The van der Waals surface area contributed by atoms with Crippen molar-refractivity contribution in [3.63, 3.8) is 0 Å². The SMILES string of the molecule is COc1cc(N2CCC(N3CCN(C(=O)CN)CC3)CC2)ccc1Nc1ncc(Cl)c(Nc2ccccc2P(C)(C)=O)n1.COc1cc(P(C)(C)=O)c(Cl)cc1Nc1ncc(Cl)c(Nc2ccccc2S(=O)(=O)C(C)C)n1.COc1cc(P2(=O)CCN(CCO)CC2)ccc1Nc1ncc(Cl)c(Nc2ccccc2S(=O)(=O)C(C)C)n1. The highest BCUT2D eigenvalue weighted by Gasteiger charge is 2.34. The zero-order valence-electron chi connectivity index (χ0n) is 66.3. The Labute approximate surface area is 697 Å². The van der Waals surface area contributed by atoms with E-state index in [0.29, 0.717) is 111 Å². The number of aliphatic hydroxyl groups excluding tert-OH is 1. The smallest absolute Gasteiger partial charge is 0.236 e. The van der Waals surface area contributed by atoms with Crippen molar-refractivity contribution in [3.05, 3.63) is 160 Å². The number of aromatic nitrogens is 6. The highest BCUT2D eigenvalue weighted by Crippen LogP contribution is 2.48. The number of sulfone groups is 2. The second-order valence-electron chi connectivity index (χ2n) is 28.8. The first-order valence-corrected chi connectivity index (χ1v) is 49.1. The number of carbonyl (C=O) groups is 1. The molecule has 3 saturated heterocycles. The third-order valence-corrected chi connectivity index (χ3v) is 31.5. The molecule has 9 aromatic rings. The van der Waals surface area contributed by atoms with Crippen LogP contribution in [-0.4, -0.2) is 221 Å². The molecule has 29 nitrogen and oxygen atoms in total. The van der Waals surface area contributed by atoms with Crippen LogP contribution in [0.5, 0.6) is 17.2 Å². The Morgan fingerprint density at radius 2 is 0.966 bits per heavy atom. The number of piperazine rings is 1. The summed E-state index contributed by atoms with van der Waals surface area (Å²) in [5.74, 6) is 3.17. The molecule has 0 radical (unpaired) electrons. The molecule has 9 N–H and O–H groups in total. The van der Waals surface area contributed by atoms with Crippen molar-refractivity contribution < 1.29 is 54.6 Å². The molecule has 116 heavy (non-hydrogen) atoms. The maximum atomic E-state index is 13.7. The zero-order valence-corrected chi connectivity index (χ0v) is 73.6. The van der Waals surface area contributed by atoms with Crippen LogP contribution in [0.25, 0.3) is 0 Å². The molecule has 12 rings (SSSR count). The molecule has 38 heteroatoms. The molecule has 6 aromatic carbocycles. The average Bonchev–Trinajstić information content (AvgIpc) is 0.804. The molecule has 3 aliphatic heterocycles. The van der Waals surface area contributed by atoms with Gasteiger partial charge < -0.3 is 85.3 Å². The van der Waals surface area contributed by atoms with E-state index in [0.717, 1.165) is 74.1 Å². The van der Waals surface area contributed by atoms with Gasteiger partial charge in [0.15, 0.2) is 37.1 Å². The van der Waals surface area contributed by atoms with Gasteiger partial charge in [0, 0.05) is 105 Å². The highest BCUT2D eigenvalue weighted by molar-refractivity contribution is 7.92. The van der Waals surface area contributed by atoms with E-state index in [1.165, 1.54) is 38.9 Å². The number of piperidine rings is 1. The number of nitrogens with zero attached hydrogens (tertiary/aromatic N) is 10. The predicted octanol–water partition coefficient (Wildman–Crippen LogP) is 13.8. The van der Waals surface area contributed by atoms with E-state index < -0.39 is 51.6 Å². The number of nitrogens with one attached hydrogen (secondary N) is 6. The molecule has 0 aliphatic carbocycles. The van der Waals surface area contributed by atoms with Crippen LogP contribution in [0.3, 0.4) is 0 Å². The normalized spacial score (nSPS) is 15.0. The molecule has 3 aliphatic rings. The molecule has 0 atom stereocenters. The fourth-order valence-electron chi connectivity index (χ4n) is 13.1. The van der Waals surface area contributed by atoms with Gasteiger partial charge in [0.2, 0.25) is 23.8 Å². The third kappa shape index (κ3) is 22.5. The number of β-amino-alcohol motifs (C(OH)–C–C–N with tert-alkyl or cyclic N) is 1. The van der Waals surface area contributed by atoms with Crippen LogP contribution in [-0.2, 0) is 38.2 Å². The Bertz CT molecular complexity index is 5380. The van der Waals surface area contributed by atoms with Crippen LogP contribution in [0.1, 0.15) is 40.5 Å². The second-order valence-corrected chi connectivity index (χ2v) is 45.0. The zero-order chi connectivity index (χ0) is 84.0. The van der Waals surface area contributed by atoms with E-state index in [1.807, 2.05) is 47.4 Å². The van der Waals surface area contributed by atoms with Crippen molar-refractivity contribution in [1.29, 1.82) is 0 Å². The Hall–Kier alpha value is -8.38. The van der Waals surface area contributed by atoms with Gasteiger partial charge >= 0.3 is 0 Å². The van der Waals surface area contributed by atoms with Gasteiger partial charge in [-0.2, -0.15) is 15.0 Å². The standard InChI is InChI=1S/C30H40ClN8O3P.C26H33ClN5O5PS.C22H25Cl2N4O4PS/c1-42-26-18-22(37-12-10-21(11-13-37)38-14-16-39(17-15-38)28(40)19-32)8-9-24(26)35-30-33-20-23(31)29(36-30)34-25-6-4-5-7-27(25)43(2,3)41;1-18(2)39(35,36)24-7-5-4-6-22(24)29-25-20(27)17-28-26(31-25)30-21-9-8-19(16-23(21)37-3)38(34)14-11-32(10-13-33)12-15-38;1-13(2)34(30,31)20-9-7-6-8-16(20)26-21-15(24)12-25-22(28-21)27-17-10-14(23)19(33(4,5)29)11-18(17)32-3/h4-9,18,20-21H,10-17,19,32H2,1-3H3,(H2,33,34,35,36);4-9,16-18,33H,10-15H2,1-3H3,(H2,28,29,30,31);6-13H,1-5H3,(H2,25,26,27,28). The summed E-state index contributed by atoms with van der Waals surface area (Å²) in [6, 6.07) is 35.8. The van der Waals surface area contributed by atoms with Gasteiger partial charge in [-0.3, -0.25) is 9.69 Å². The van der Waals surface area contributed by atoms with Gasteiger partial charge in [-0.1, -0.05) is 82.8 Å². The first-order valence-electron chi connectivity index (χ1n) is 37.3. The minimum absolute atomic E-state index is 0.0351. The van der Waals surface area contributed by atoms with Crippen molar-refractivity contribution in [2.75, 3.05) is 169 Å². The van der Waals surface area contributed by atoms with Crippen molar-refractivity contribution in [2.24, 2.45) is 5.73 Å². The van der Waals surface area contributed by atoms with Crippen LogP contribution in [0.2, 0.25) is 20.1 Å². The van der Waals surface area contributed by atoms with E-state index in [2.05, 4.69) is 82.6 Å². The predicted molar refractivity (Wildman–Crippen MR) is 470 cm³/mol. The van der Waals surface area contributed by atoms with Crippen LogP contribution < -0.4 is 72.7 Å². The topological polar surface area (TPSA) is 373 Å². The Morgan fingerprint density at radius 1 is 0.534 bits per heavy atom. The summed E-state index contributed by atoms with van der Waals surface area (Å²) in [6.07, 6.45) is 7.55. The molecule has 0 unspecified atom stereocenters. The minimum Gasteiger partial charge on any atom is -0.495 e. The molecular weight excluding hydrogens is 1670 g/mol. The van der Waals surface area contributed by atoms with Crippen LogP contribution >= 0.6 is 67.8 Å². The van der Waals surface area contributed by atoms with E-state index in [4.69, 9.17) is 66.3 Å². The van der Waals surface area contributed by atoms with Gasteiger partial charge in [0.25, 0.3) is 0 Å². The average molecular weight is 1760 g/mol. The van der Waals surface area contributed by atoms with Gasteiger partial charge in [-0.15, -0.1) is 0 Å². The molecule has 0 bridgehead atoms. The third-order valence-electron chi connectivity index (χ3n) is 19.7. The Kier molecular flexibility index (Phi) is 30.6. The molecule has 3 fully saturated rings. The van der Waals surface area contributed by atoms with E-state index >= 15 is 0 Å². The summed E-state index contributed by atoms with van der Waals surface area (Å²) in [6.45, 7) is 20.5. The number of hydrogen-bond acceptors (Lipinski definition) is 28. The number of aliphatic hydroxyl groups is 1. The summed E-state index contributed by atoms with van der Waals surface area (Å²) in [7, 11) is -10.2. The van der Waals surface area contributed by atoms with Gasteiger partial charge in [-0.25, -0.2) is 31.8 Å². The fourth-order valence-corrected chi connectivity index (χ4v) is 21.5. The molecular formula is C78H98Cl4N17O12P3S2. The molecule has 6 heterocycles. The van der Waals surface area contributed by atoms with E-state index in [9.17, 15) is 40.4 Å². The maximum Gasteiger partial charge on any atom is 0.236 e. The fraction of sp³-hybridized carbons (Fsp3) is 0.372. The molecule has 3 aromatic heterocycles. The number of carbonyl (C=O) groups excluding carboxylic acids is 1. The van der Waals surface area contributed by atoms with Gasteiger partial charge in [-0.05, 0) is 146 Å². The van der Waals surface area contributed by atoms with Gasteiger partial charge in [0.1, 0.15) is 53.7 Å². The monoisotopic (exact) mass is 1760 g/mol. The molecule has 1 amide bonds. The van der Waals surface area contributed by atoms with Crippen molar-refractivity contribution in [3.8, 4) is 17.2 Å². The largest absolute Gasteiger partial charge is 0.495 e. The molecule has 0 saturated carbocycles. The number of ether oxygens (including phenoxy) is 3. The lowest BCUT2D eigenvalue weighted by Crippen LogP contribution is -2.55. The number of methoxy groups -OCH3 is 3. The van der Waals surface area contributed by atoms with Crippen LogP contribution in [0, 0.1) is 0 Å². The summed E-state index contributed by atoms with van der Waals surface area (Å²) in [4.78, 5) is 47.3. The van der Waals surface area contributed by atoms with Gasteiger partial charge in [0.05, 0.1) is 113 Å². The molecule has 622 valence electrons. The number of benzene rings is 6. The Morgan fingerprint density at radius 3 is 1.42 bits per heavy atom. The second kappa shape index (κ2) is 39.5. The lowest BCUT2D eigenvalue weighted by atomic mass is 10.0.